The fraction of sp³-hybridized carbons (Fsp3) is 0.438. The molecule has 0 bridgehead atoms. The lowest BCUT2D eigenvalue weighted by Crippen LogP contribution is -2.23. The Balaban J connectivity index is 1.23. The quantitative estimate of drug-likeness (QED) is 0.671. The minimum absolute atomic E-state index is 0.132. The van der Waals surface area contributed by atoms with E-state index >= 15 is 0 Å². The van der Waals surface area contributed by atoms with Gasteiger partial charge in [0.25, 0.3) is 5.89 Å². The first-order valence-electron chi connectivity index (χ1n) is 8.35. The number of hydrogen-bond acceptors (Lipinski definition) is 9. The lowest BCUT2D eigenvalue weighted by Gasteiger charge is -2.01. The second kappa shape index (κ2) is 7.48. The Hall–Kier alpha value is -3.01. The molecule has 0 saturated carbocycles. The van der Waals surface area contributed by atoms with Crippen LogP contribution in [0, 0.1) is 0 Å². The van der Waals surface area contributed by atoms with Crippen LogP contribution in [0.1, 0.15) is 43.0 Å². The fourth-order valence-electron chi connectivity index (χ4n) is 2.59. The van der Waals surface area contributed by atoms with Crippen molar-refractivity contribution in [3.63, 3.8) is 0 Å². The van der Waals surface area contributed by atoms with Crippen molar-refractivity contribution in [2.24, 2.45) is 0 Å². The monoisotopic (exact) mass is 359 g/mol. The fourth-order valence-corrected chi connectivity index (χ4v) is 2.59. The van der Waals surface area contributed by atoms with Crippen molar-refractivity contribution in [2.75, 3.05) is 6.61 Å². The van der Waals surface area contributed by atoms with Gasteiger partial charge in [-0.05, 0) is 25.0 Å². The Kier molecular flexibility index (Phi) is 4.73. The Labute approximate surface area is 147 Å². The molecule has 1 N–H and O–H groups in total. The Morgan fingerprint density at radius 3 is 3.04 bits per heavy atom. The van der Waals surface area contributed by atoms with E-state index in [0.29, 0.717) is 42.2 Å². The summed E-state index contributed by atoms with van der Waals surface area (Å²) in [5.74, 6) is 1.95. The summed E-state index contributed by atoms with van der Waals surface area (Å²) in [6, 6.07) is 3.47. The van der Waals surface area contributed by atoms with Crippen molar-refractivity contribution in [3.05, 3.63) is 36.0 Å². The second-order valence-corrected chi connectivity index (χ2v) is 5.82. The number of aromatic nitrogens is 4. The van der Waals surface area contributed by atoms with Crippen molar-refractivity contribution in [1.29, 1.82) is 0 Å². The van der Waals surface area contributed by atoms with Crippen LogP contribution in [-0.2, 0) is 22.5 Å². The van der Waals surface area contributed by atoms with E-state index in [9.17, 15) is 4.79 Å². The third-order valence-corrected chi connectivity index (χ3v) is 3.91. The van der Waals surface area contributed by atoms with Crippen LogP contribution in [0.2, 0.25) is 0 Å². The molecule has 1 atom stereocenters. The maximum Gasteiger partial charge on any atom is 0.255 e. The third-order valence-electron chi connectivity index (χ3n) is 3.91. The molecule has 10 nitrogen and oxygen atoms in total. The smallest absolute Gasteiger partial charge is 0.255 e. The molecule has 4 rings (SSSR count). The van der Waals surface area contributed by atoms with Crippen molar-refractivity contribution in [3.8, 4) is 11.6 Å². The number of carbonyl (C=O) groups excluding carboxylic acids is 1. The summed E-state index contributed by atoms with van der Waals surface area (Å²) < 4.78 is 20.9. The maximum absolute atomic E-state index is 12.0. The molecular formula is C16H17N5O5. The number of furan rings is 1. The number of nitrogens with zero attached hydrogens (tertiary/aromatic N) is 4. The molecule has 0 aromatic carbocycles. The maximum atomic E-state index is 12.0. The molecule has 3 aromatic rings. The highest BCUT2D eigenvalue weighted by Gasteiger charge is 2.23. The SMILES string of the molecule is O=C(CCc1nc(-c2ccco2)no1)NCc1noc(C2CCCO2)n1. The van der Waals surface area contributed by atoms with Crippen molar-refractivity contribution < 1.29 is 23.0 Å². The van der Waals surface area contributed by atoms with E-state index in [0.717, 1.165) is 12.8 Å². The average Bonchev–Trinajstić information content (AvgIpc) is 3.44. The zero-order valence-electron chi connectivity index (χ0n) is 13.9. The molecule has 0 aliphatic carbocycles. The van der Waals surface area contributed by atoms with E-state index in [2.05, 4.69) is 25.6 Å². The molecule has 0 radical (unpaired) electrons. The molecule has 26 heavy (non-hydrogen) atoms. The summed E-state index contributed by atoms with van der Waals surface area (Å²) in [5, 5.41) is 10.4. The van der Waals surface area contributed by atoms with Gasteiger partial charge in [0, 0.05) is 19.4 Å². The van der Waals surface area contributed by atoms with Gasteiger partial charge in [-0.3, -0.25) is 4.79 Å². The molecule has 1 aliphatic heterocycles. The van der Waals surface area contributed by atoms with E-state index in [-0.39, 0.29) is 25.0 Å². The highest BCUT2D eigenvalue weighted by Crippen LogP contribution is 2.26. The first kappa shape index (κ1) is 16.5. The lowest BCUT2D eigenvalue weighted by atomic mass is 10.2. The van der Waals surface area contributed by atoms with Gasteiger partial charge in [-0.2, -0.15) is 9.97 Å². The van der Waals surface area contributed by atoms with Crippen molar-refractivity contribution in [2.45, 2.75) is 38.3 Å². The van der Waals surface area contributed by atoms with Gasteiger partial charge in [-0.15, -0.1) is 0 Å². The molecule has 3 aromatic heterocycles. The molecule has 1 unspecified atom stereocenters. The van der Waals surface area contributed by atoms with E-state index in [1.807, 2.05) is 0 Å². The predicted molar refractivity (Wildman–Crippen MR) is 84.4 cm³/mol. The van der Waals surface area contributed by atoms with Crippen LogP contribution in [-0.4, -0.2) is 32.8 Å². The normalized spacial score (nSPS) is 16.8. The largest absolute Gasteiger partial charge is 0.461 e. The second-order valence-electron chi connectivity index (χ2n) is 5.82. The predicted octanol–water partition coefficient (Wildman–Crippen LogP) is 1.81. The van der Waals surface area contributed by atoms with Crippen LogP contribution in [0.4, 0.5) is 0 Å². The zero-order valence-corrected chi connectivity index (χ0v) is 13.9. The summed E-state index contributed by atoms with van der Waals surface area (Å²) in [7, 11) is 0. The van der Waals surface area contributed by atoms with E-state index in [1.165, 1.54) is 6.26 Å². The number of ether oxygens (including phenoxy) is 1. The summed E-state index contributed by atoms with van der Waals surface area (Å²) in [6.07, 6.45) is 3.78. The average molecular weight is 359 g/mol. The van der Waals surface area contributed by atoms with Crippen molar-refractivity contribution in [1.82, 2.24) is 25.6 Å². The van der Waals surface area contributed by atoms with Gasteiger partial charge in [-0.1, -0.05) is 10.3 Å². The first-order chi connectivity index (χ1) is 12.8. The van der Waals surface area contributed by atoms with E-state index in [1.54, 1.807) is 12.1 Å². The summed E-state index contributed by atoms with van der Waals surface area (Å²) in [4.78, 5) is 20.4. The minimum Gasteiger partial charge on any atom is -0.461 e. The number of carbonyl (C=O) groups is 1. The Bertz CT molecular complexity index is 850. The lowest BCUT2D eigenvalue weighted by molar-refractivity contribution is -0.121. The van der Waals surface area contributed by atoms with Gasteiger partial charge in [0.2, 0.25) is 17.6 Å². The summed E-state index contributed by atoms with van der Waals surface area (Å²) >= 11 is 0. The molecular weight excluding hydrogens is 342 g/mol. The topological polar surface area (TPSA) is 129 Å². The standard InChI is InChI=1S/C16H17N5O5/c22-13(5-6-14-19-15(21-25-14)10-3-1-7-23-10)17-9-12-18-16(26-20-12)11-4-2-8-24-11/h1,3,7,11H,2,4-6,8-9H2,(H,17,22). The Morgan fingerprint density at radius 1 is 1.27 bits per heavy atom. The summed E-state index contributed by atoms with van der Waals surface area (Å²) in [5.41, 5.74) is 0. The van der Waals surface area contributed by atoms with Gasteiger partial charge in [0.15, 0.2) is 11.6 Å². The van der Waals surface area contributed by atoms with Gasteiger partial charge in [-0.25, -0.2) is 0 Å². The number of amides is 1. The van der Waals surface area contributed by atoms with Crippen LogP contribution >= 0.6 is 0 Å². The molecule has 1 aliphatic rings. The highest BCUT2D eigenvalue weighted by atomic mass is 16.5. The molecule has 0 spiro atoms. The molecule has 10 heteroatoms. The zero-order chi connectivity index (χ0) is 17.8. The van der Waals surface area contributed by atoms with Crippen LogP contribution in [0.25, 0.3) is 11.6 Å². The van der Waals surface area contributed by atoms with Crippen LogP contribution in [0.15, 0.2) is 31.9 Å². The molecule has 136 valence electrons. The van der Waals surface area contributed by atoms with Crippen LogP contribution < -0.4 is 5.32 Å². The molecule has 1 fully saturated rings. The van der Waals surface area contributed by atoms with Gasteiger partial charge >= 0.3 is 0 Å². The molecule has 1 saturated heterocycles. The van der Waals surface area contributed by atoms with Gasteiger partial charge < -0.3 is 23.5 Å². The van der Waals surface area contributed by atoms with Gasteiger partial charge in [0.1, 0.15) is 6.10 Å². The number of hydrogen-bond donors (Lipinski definition) is 1. The highest BCUT2D eigenvalue weighted by molar-refractivity contribution is 5.75. The molecule has 1 amide bonds. The van der Waals surface area contributed by atoms with Gasteiger partial charge in [0.05, 0.1) is 12.8 Å². The van der Waals surface area contributed by atoms with Crippen molar-refractivity contribution >= 4 is 5.91 Å². The Morgan fingerprint density at radius 2 is 2.23 bits per heavy atom. The van der Waals surface area contributed by atoms with E-state index < -0.39 is 0 Å². The van der Waals surface area contributed by atoms with Crippen LogP contribution in [0.3, 0.4) is 0 Å². The third kappa shape index (κ3) is 3.80. The number of aryl methyl sites for hydroxylation is 1. The van der Waals surface area contributed by atoms with Crippen LogP contribution in [0.5, 0.6) is 0 Å². The summed E-state index contributed by atoms with van der Waals surface area (Å²) in [6.45, 7) is 0.896. The molecule has 4 heterocycles. The first-order valence-corrected chi connectivity index (χ1v) is 8.35. The minimum atomic E-state index is -0.175. The number of rotatable bonds is 7. The number of nitrogens with one attached hydrogen (secondary N) is 1. The van der Waals surface area contributed by atoms with E-state index in [4.69, 9.17) is 18.2 Å².